The van der Waals surface area contributed by atoms with Crippen LogP contribution in [0.25, 0.3) is 0 Å². The van der Waals surface area contributed by atoms with Gasteiger partial charge in [-0.3, -0.25) is 4.79 Å². The van der Waals surface area contributed by atoms with Crippen molar-refractivity contribution in [3.63, 3.8) is 0 Å². The van der Waals surface area contributed by atoms with Crippen LogP contribution in [0.5, 0.6) is 0 Å². The van der Waals surface area contributed by atoms with Crippen LogP contribution in [0.3, 0.4) is 0 Å². The molecule has 0 unspecified atom stereocenters. The van der Waals surface area contributed by atoms with Crippen molar-refractivity contribution >= 4 is 32.2 Å². The van der Waals surface area contributed by atoms with Crippen molar-refractivity contribution in [2.24, 2.45) is 0 Å². The summed E-state index contributed by atoms with van der Waals surface area (Å²) >= 11 is 0. The summed E-state index contributed by atoms with van der Waals surface area (Å²) in [4.78, 5) is 42.2. The molecule has 10 heteroatoms. The molecule has 0 radical (unpaired) electrons. The topological polar surface area (TPSA) is 114 Å². The summed E-state index contributed by atoms with van der Waals surface area (Å²) in [5, 5.41) is 0. The maximum Gasteiger partial charge on any atom is 0.330 e. The predicted octanol–water partition coefficient (Wildman–Crippen LogP) is 2.97. The van der Waals surface area contributed by atoms with E-state index in [1.165, 1.54) is 0 Å². The van der Waals surface area contributed by atoms with Gasteiger partial charge < -0.3 is 23.4 Å². The van der Waals surface area contributed by atoms with Crippen molar-refractivity contribution in [3.8, 4) is 0 Å². The molecule has 0 spiro atoms. The molecule has 0 rings (SSSR count). The van der Waals surface area contributed by atoms with Crippen LogP contribution in [-0.4, -0.2) is 65.7 Å². The smallest absolute Gasteiger partial charge is 0.330 e. The Morgan fingerprint density at radius 3 is 1.52 bits per heavy atom. The third-order valence-electron chi connectivity index (χ3n) is 2.45. The Bertz CT molecular complexity index is 566. The molecule has 0 saturated carbocycles. The van der Waals surface area contributed by atoms with Crippen LogP contribution in [0.1, 0.15) is 19.8 Å². The van der Waals surface area contributed by atoms with Gasteiger partial charge in [-0.1, -0.05) is 26.7 Å². The predicted molar refractivity (Wildman–Crippen MR) is 120 cm³/mol. The van der Waals surface area contributed by atoms with Crippen LogP contribution in [0.15, 0.2) is 38.0 Å². The monoisotopic (exact) mass is 460 g/mol. The van der Waals surface area contributed by atoms with Crippen molar-refractivity contribution in [2.45, 2.75) is 39.4 Å². The van der Waals surface area contributed by atoms with E-state index in [4.69, 9.17) is 4.43 Å². The lowest BCUT2D eigenvalue weighted by molar-refractivity contribution is -0.142. The lowest BCUT2D eigenvalue weighted by Gasteiger charge is -2.16. The van der Waals surface area contributed by atoms with Crippen molar-refractivity contribution in [1.82, 2.24) is 0 Å². The summed E-state index contributed by atoms with van der Waals surface area (Å²) < 4.78 is 23.5. The molecule has 0 heterocycles. The van der Waals surface area contributed by atoms with Crippen molar-refractivity contribution in [3.05, 3.63) is 38.0 Å². The van der Waals surface area contributed by atoms with E-state index in [1.54, 1.807) is 7.11 Å². The van der Waals surface area contributed by atoms with E-state index in [1.807, 2.05) is 26.6 Å². The number of esters is 3. The molecule has 0 bridgehead atoms. The van der Waals surface area contributed by atoms with Crippen LogP contribution < -0.4 is 0 Å². The lowest BCUT2D eigenvalue weighted by atomic mass is 10.5. The molecule has 0 aliphatic rings. The molecule has 0 saturated heterocycles. The molecular weight excluding hydrogens is 424 g/mol. The highest BCUT2D eigenvalue weighted by Crippen LogP contribution is 2.04. The number of carbonyl (C=O) groups excluding carboxylic acids is 4. The van der Waals surface area contributed by atoms with E-state index in [9.17, 15) is 19.2 Å². The van der Waals surface area contributed by atoms with Gasteiger partial charge in [-0.2, -0.15) is 0 Å². The Morgan fingerprint density at radius 2 is 1.16 bits per heavy atom. The second kappa shape index (κ2) is 22.0. The summed E-state index contributed by atoms with van der Waals surface area (Å²) in [5.74, 6) is -1.59. The fourth-order valence-corrected chi connectivity index (χ4v) is 2.02. The van der Waals surface area contributed by atoms with E-state index in [-0.39, 0.29) is 25.0 Å². The van der Waals surface area contributed by atoms with Crippen LogP contribution in [0.4, 0.5) is 0 Å². The fraction of sp³-hybridized carbons (Fsp3) is 0.524. The van der Waals surface area contributed by atoms with Gasteiger partial charge in [0.25, 0.3) is 5.97 Å². The van der Waals surface area contributed by atoms with E-state index in [0.29, 0.717) is 19.8 Å². The lowest BCUT2D eigenvalue weighted by Crippen LogP contribution is -2.29. The van der Waals surface area contributed by atoms with Gasteiger partial charge in [0.1, 0.15) is 13.2 Å². The highest BCUT2D eigenvalue weighted by atomic mass is 28.4. The third-order valence-corrected chi connectivity index (χ3v) is 3.29. The minimum absolute atomic E-state index is 0.0498. The van der Waals surface area contributed by atoms with Gasteiger partial charge >= 0.3 is 17.9 Å². The first kappa shape index (κ1) is 32.9. The maximum atomic E-state index is 11.1. The molecule has 0 fully saturated rings. The number of hydrogen-bond acceptors (Lipinski definition) is 9. The second-order valence-electron chi connectivity index (χ2n) is 6.44. The standard InChI is InChI=1S/C9H16O4Si.C6H10O3.C6H10O2/c1-5-8(10)12-7-6-9(11)13-14(2,3)4;1-3-6(7)9-5-4-8-2;1-3-5-8-6(7)4-2/h5H,1,6-7H2,2-4H3;3H,1,4-5H2,2H3;4H,2-3,5H2,1H3. The summed E-state index contributed by atoms with van der Waals surface area (Å²) in [6.45, 7) is 18.7. The number of methoxy groups -OCH3 is 1. The first-order valence-electron chi connectivity index (χ1n) is 9.55. The van der Waals surface area contributed by atoms with Gasteiger partial charge in [-0.15, -0.1) is 0 Å². The van der Waals surface area contributed by atoms with Gasteiger partial charge in [-0.05, 0) is 26.1 Å². The van der Waals surface area contributed by atoms with Crippen molar-refractivity contribution in [1.29, 1.82) is 0 Å². The fourth-order valence-electron chi connectivity index (χ4n) is 1.23. The number of hydrogen-bond donors (Lipinski definition) is 0. The SMILES string of the molecule is C=CC(=O)OCCC.C=CC(=O)OCCC(=O)O[Si](C)(C)C.C=CC(=O)OCCOC. The Labute approximate surface area is 186 Å². The third kappa shape index (κ3) is 32.2. The average molecular weight is 461 g/mol. The van der Waals surface area contributed by atoms with Gasteiger partial charge in [-0.25, -0.2) is 14.4 Å². The highest BCUT2D eigenvalue weighted by Gasteiger charge is 2.19. The minimum Gasteiger partial charge on any atom is -0.520 e. The zero-order valence-electron chi connectivity index (χ0n) is 19.3. The van der Waals surface area contributed by atoms with E-state index in [0.717, 1.165) is 24.6 Å². The molecule has 0 amide bonds. The highest BCUT2D eigenvalue weighted by molar-refractivity contribution is 6.71. The molecule has 9 nitrogen and oxygen atoms in total. The molecule has 178 valence electrons. The average Bonchev–Trinajstić information content (AvgIpc) is 2.71. The van der Waals surface area contributed by atoms with Gasteiger partial charge in [0.15, 0.2) is 0 Å². The van der Waals surface area contributed by atoms with E-state index >= 15 is 0 Å². The Kier molecular flexibility index (Phi) is 23.3. The van der Waals surface area contributed by atoms with Crippen molar-refractivity contribution < 1.29 is 42.6 Å². The van der Waals surface area contributed by atoms with Gasteiger partial charge in [0.05, 0.1) is 19.6 Å². The number of ether oxygens (including phenoxy) is 4. The summed E-state index contributed by atoms with van der Waals surface area (Å²) in [5.41, 5.74) is 0. The molecule has 0 aromatic carbocycles. The Morgan fingerprint density at radius 1 is 0.742 bits per heavy atom. The molecule has 31 heavy (non-hydrogen) atoms. The van der Waals surface area contributed by atoms with Gasteiger partial charge in [0, 0.05) is 25.3 Å². The molecule has 0 aliphatic heterocycles. The number of carbonyl (C=O) groups is 4. The van der Waals surface area contributed by atoms with Gasteiger partial charge in [0.2, 0.25) is 8.32 Å². The molecule has 0 N–H and O–H groups in total. The molecule has 0 atom stereocenters. The van der Waals surface area contributed by atoms with Crippen LogP contribution >= 0.6 is 0 Å². The summed E-state index contributed by atoms with van der Waals surface area (Å²) in [6, 6.07) is 0. The van der Waals surface area contributed by atoms with E-state index in [2.05, 4.69) is 38.7 Å². The first-order chi connectivity index (χ1) is 14.5. The van der Waals surface area contributed by atoms with E-state index < -0.39 is 20.3 Å². The summed E-state index contributed by atoms with van der Waals surface area (Å²) in [7, 11) is -0.273. The second-order valence-corrected chi connectivity index (χ2v) is 10.9. The summed E-state index contributed by atoms with van der Waals surface area (Å²) in [6.07, 6.45) is 4.30. The molecule has 0 aliphatic carbocycles. The van der Waals surface area contributed by atoms with Crippen molar-refractivity contribution in [2.75, 3.05) is 33.5 Å². The minimum atomic E-state index is -1.82. The first-order valence-corrected chi connectivity index (χ1v) is 13.0. The number of rotatable bonds is 12. The van der Waals surface area contributed by atoms with Crippen LogP contribution in [-0.2, 0) is 42.6 Å². The Hall–Kier alpha value is -2.72. The molecule has 0 aromatic rings. The zero-order chi connectivity index (χ0) is 24.7. The molecular formula is C21H36O9Si. The largest absolute Gasteiger partial charge is 0.520 e. The molecule has 0 aromatic heterocycles. The normalized spacial score (nSPS) is 9.32. The maximum absolute atomic E-state index is 11.1. The zero-order valence-corrected chi connectivity index (χ0v) is 20.3. The van der Waals surface area contributed by atoms with Crippen LogP contribution in [0, 0.1) is 0 Å². The van der Waals surface area contributed by atoms with Crippen LogP contribution in [0.2, 0.25) is 19.6 Å². The Balaban J connectivity index is -0.000000401. The quantitative estimate of drug-likeness (QED) is 0.142.